The van der Waals surface area contributed by atoms with Crippen molar-refractivity contribution < 1.29 is 9.53 Å². The van der Waals surface area contributed by atoms with Gasteiger partial charge in [-0.3, -0.25) is 4.79 Å². The molecule has 0 N–H and O–H groups in total. The van der Waals surface area contributed by atoms with Crippen molar-refractivity contribution in [2.24, 2.45) is 5.92 Å². The van der Waals surface area contributed by atoms with E-state index in [0.717, 1.165) is 12.0 Å². The zero-order valence-electron chi connectivity index (χ0n) is 7.26. The van der Waals surface area contributed by atoms with Gasteiger partial charge in [0.05, 0.1) is 12.2 Å². The number of rotatable bonds is 1. The number of carbonyl (C=O) groups excluding carboxylic acids is 1. The summed E-state index contributed by atoms with van der Waals surface area (Å²) < 4.78 is 5.34. The van der Waals surface area contributed by atoms with Crippen LogP contribution in [0.3, 0.4) is 0 Å². The molecule has 0 aromatic heterocycles. The van der Waals surface area contributed by atoms with Crippen molar-refractivity contribution in [2.75, 3.05) is 0 Å². The van der Waals surface area contributed by atoms with Crippen LogP contribution < -0.4 is 0 Å². The normalized spacial score (nSPS) is 31.2. The molecule has 1 rings (SSSR count). The predicted octanol–water partition coefficient (Wildman–Crippen LogP) is 1.90. The molecule has 2 nitrogen and oxygen atoms in total. The van der Waals surface area contributed by atoms with Gasteiger partial charge in [-0.25, -0.2) is 0 Å². The molecule has 0 saturated heterocycles. The average Bonchev–Trinajstić information content (AvgIpc) is 2.01. The van der Waals surface area contributed by atoms with E-state index in [1.807, 2.05) is 13.8 Å². The molecule has 0 bridgehead atoms. The van der Waals surface area contributed by atoms with Crippen molar-refractivity contribution >= 4 is 5.78 Å². The number of ketones is 1. The van der Waals surface area contributed by atoms with Gasteiger partial charge in [-0.15, -0.1) is 0 Å². The Morgan fingerprint density at radius 1 is 1.64 bits per heavy atom. The Bertz CT molecular complexity index is 194. The van der Waals surface area contributed by atoms with Crippen LogP contribution in [0.4, 0.5) is 0 Å². The highest BCUT2D eigenvalue weighted by atomic mass is 16.5. The summed E-state index contributed by atoms with van der Waals surface area (Å²) in [5.41, 5.74) is 0.738. The highest BCUT2D eigenvalue weighted by Gasteiger charge is 2.27. The average molecular weight is 154 g/mol. The van der Waals surface area contributed by atoms with Gasteiger partial charge in [-0.1, -0.05) is 13.8 Å². The second-order valence-corrected chi connectivity index (χ2v) is 3.04. The van der Waals surface area contributed by atoms with Gasteiger partial charge in [-0.2, -0.15) is 0 Å². The highest BCUT2D eigenvalue weighted by Crippen LogP contribution is 2.21. The Morgan fingerprint density at radius 2 is 2.27 bits per heavy atom. The molecule has 0 fully saturated rings. The summed E-state index contributed by atoms with van der Waals surface area (Å²) in [5.74, 6) is 0.257. The zero-order valence-corrected chi connectivity index (χ0v) is 7.26. The van der Waals surface area contributed by atoms with Gasteiger partial charge in [-0.05, 0) is 13.3 Å². The molecular formula is C9H14O2. The summed E-state index contributed by atoms with van der Waals surface area (Å²) >= 11 is 0. The van der Waals surface area contributed by atoms with Crippen LogP contribution >= 0.6 is 0 Å². The SMILES string of the molecule is CCC1OC=C(C)C(=O)C1C. The molecule has 62 valence electrons. The van der Waals surface area contributed by atoms with Gasteiger partial charge >= 0.3 is 0 Å². The third-order valence-electron chi connectivity index (χ3n) is 2.18. The number of hydrogen-bond acceptors (Lipinski definition) is 2. The summed E-state index contributed by atoms with van der Waals surface area (Å²) in [6.45, 7) is 5.75. The summed E-state index contributed by atoms with van der Waals surface area (Å²) in [6.07, 6.45) is 2.57. The lowest BCUT2D eigenvalue weighted by molar-refractivity contribution is -0.124. The van der Waals surface area contributed by atoms with Crippen LogP contribution in [0.5, 0.6) is 0 Å². The molecule has 0 saturated carbocycles. The molecule has 2 atom stereocenters. The van der Waals surface area contributed by atoms with Crippen molar-refractivity contribution in [3.63, 3.8) is 0 Å². The minimum atomic E-state index is 0.0324. The fraction of sp³-hybridized carbons (Fsp3) is 0.667. The Balaban J connectivity index is 2.76. The third kappa shape index (κ3) is 1.44. The minimum Gasteiger partial charge on any atom is -0.497 e. The van der Waals surface area contributed by atoms with E-state index < -0.39 is 0 Å². The third-order valence-corrected chi connectivity index (χ3v) is 2.18. The summed E-state index contributed by atoms with van der Waals surface area (Å²) in [6, 6.07) is 0. The molecule has 0 amide bonds. The lowest BCUT2D eigenvalue weighted by Crippen LogP contribution is -2.31. The second-order valence-electron chi connectivity index (χ2n) is 3.04. The molecule has 2 unspecified atom stereocenters. The van der Waals surface area contributed by atoms with Gasteiger partial charge in [0.25, 0.3) is 0 Å². The fourth-order valence-electron chi connectivity index (χ4n) is 1.34. The molecule has 1 heterocycles. The molecular weight excluding hydrogens is 140 g/mol. The second kappa shape index (κ2) is 3.07. The smallest absolute Gasteiger partial charge is 0.168 e. The first-order valence-corrected chi connectivity index (χ1v) is 4.03. The van der Waals surface area contributed by atoms with Crippen molar-refractivity contribution in [3.8, 4) is 0 Å². The van der Waals surface area contributed by atoms with Crippen molar-refractivity contribution in [1.82, 2.24) is 0 Å². The fourth-order valence-corrected chi connectivity index (χ4v) is 1.34. The number of carbonyl (C=O) groups is 1. The van der Waals surface area contributed by atoms with E-state index in [1.54, 1.807) is 13.2 Å². The molecule has 0 aliphatic carbocycles. The summed E-state index contributed by atoms with van der Waals surface area (Å²) in [7, 11) is 0. The van der Waals surface area contributed by atoms with E-state index in [1.165, 1.54) is 0 Å². The highest BCUT2D eigenvalue weighted by molar-refractivity contribution is 5.97. The number of Topliss-reactive ketones (excluding diaryl/α,β-unsaturated/α-hetero) is 1. The van der Waals surface area contributed by atoms with Crippen LogP contribution in [-0.2, 0) is 9.53 Å². The van der Waals surface area contributed by atoms with E-state index in [0.29, 0.717) is 0 Å². The van der Waals surface area contributed by atoms with Crippen molar-refractivity contribution in [3.05, 3.63) is 11.8 Å². The van der Waals surface area contributed by atoms with Crippen molar-refractivity contribution in [2.45, 2.75) is 33.3 Å². The molecule has 0 radical (unpaired) electrons. The van der Waals surface area contributed by atoms with E-state index in [2.05, 4.69) is 0 Å². The minimum absolute atomic E-state index is 0.0324. The van der Waals surface area contributed by atoms with Crippen LogP contribution in [0.15, 0.2) is 11.8 Å². The maximum Gasteiger partial charge on any atom is 0.168 e. The standard InChI is InChI=1S/C9H14O2/c1-4-8-7(3)9(10)6(2)5-11-8/h5,7-8H,4H2,1-3H3. The summed E-state index contributed by atoms with van der Waals surface area (Å²) in [4.78, 5) is 11.3. The Hall–Kier alpha value is -0.790. The molecule has 0 aromatic rings. The molecule has 1 aliphatic heterocycles. The number of ether oxygens (including phenoxy) is 1. The maximum atomic E-state index is 11.3. The van der Waals surface area contributed by atoms with Crippen molar-refractivity contribution in [1.29, 1.82) is 0 Å². The maximum absolute atomic E-state index is 11.3. The predicted molar refractivity (Wildman–Crippen MR) is 43.1 cm³/mol. The van der Waals surface area contributed by atoms with Crippen LogP contribution in [0.25, 0.3) is 0 Å². The molecule has 0 aromatic carbocycles. The van der Waals surface area contributed by atoms with E-state index in [4.69, 9.17) is 4.74 Å². The first kappa shape index (κ1) is 8.31. The largest absolute Gasteiger partial charge is 0.497 e. The first-order chi connectivity index (χ1) is 5.16. The summed E-state index contributed by atoms with van der Waals surface area (Å²) in [5, 5.41) is 0. The van der Waals surface area contributed by atoms with Crippen LogP contribution in [0, 0.1) is 5.92 Å². The van der Waals surface area contributed by atoms with E-state index >= 15 is 0 Å². The van der Waals surface area contributed by atoms with Gasteiger partial charge in [0.15, 0.2) is 5.78 Å². The van der Waals surface area contributed by atoms with Gasteiger partial charge in [0.1, 0.15) is 6.10 Å². The number of allylic oxidation sites excluding steroid dienone is 1. The van der Waals surface area contributed by atoms with Crippen LogP contribution in [-0.4, -0.2) is 11.9 Å². The Kier molecular flexibility index (Phi) is 2.32. The monoisotopic (exact) mass is 154 g/mol. The van der Waals surface area contributed by atoms with Gasteiger partial charge in [0.2, 0.25) is 0 Å². The topological polar surface area (TPSA) is 26.3 Å². The quantitative estimate of drug-likeness (QED) is 0.576. The van der Waals surface area contributed by atoms with Crippen LogP contribution in [0.2, 0.25) is 0 Å². The molecule has 2 heteroatoms. The molecule has 11 heavy (non-hydrogen) atoms. The lowest BCUT2D eigenvalue weighted by atomic mass is 9.92. The van der Waals surface area contributed by atoms with E-state index in [9.17, 15) is 4.79 Å². The van der Waals surface area contributed by atoms with Crippen LogP contribution in [0.1, 0.15) is 27.2 Å². The molecule has 0 spiro atoms. The lowest BCUT2D eigenvalue weighted by Gasteiger charge is -2.25. The zero-order chi connectivity index (χ0) is 8.43. The molecule has 1 aliphatic rings. The van der Waals surface area contributed by atoms with E-state index in [-0.39, 0.29) is 17.8 Å². The Labute approximate surface area is 67.2 Å². The van der Waals surface area contributed by atoms with Gasteiger partial charge in [0, 0.05) is 5.57 Å². The number of hydrogen-bond donors (Lipinski definition) is 0. The van der Waals surface area contributed by atoms with Gasteiger partial charge < -0.3 is 4.74 Å². The Morgan fingerprint density at radius 3 is 2.82 bits per heavy atom. The first-order valence-electron chi connectivity index (χ1n) is 4.03.